The number of methoxy groups -OCH3 is 1. The average molecular weight is 409 g/mol. The standard InChI is InChI=1S/C18H18BrFN2O3/c1-25-15-10-11(2-7-14(15)19)8-9-22-18(24)16(17(21)23)12-3-5-13(20)6-4-12/h2-7,10,16H,8-9H2,1H3,(H2,21,23)(H,22,24). The van der Waals surface area contributed by atoms with Crippen LogP contribution in [0.25, 0.3) is 0 Å². The van der Waals surface area contributed by atoms with E-state index in [1.165, 1.54) is 24.3 Å². The van der Waals surface area contributed by atoms with Crippen LogP contribution < -0.4 is 15.8 Å². The molecule has 1 unspecified atom stereocenters. The van der Waals surface area contributed by atoms with Gasteiger partial charge in [-0.3, -0.25) is 9.59 Å². The van der Waals surface area contributed by atoms with E-state index in [0.717, 1.165) is 10.0 Å². The van der Waals surface area contributed by atoms with E-state index in [2.05, 4.69) is 21.2 Å². The summed E-state index contributed by atoms with van der Waals surface area (Å²) in [6, 6.07) is 10.8. The Morgan fingerprint density at radius 3 is 2.52 bits per heavy atom. The van der Waals surface area contributed by atoms with E-state index in [1.807, 2.05) is 18.2 Å². The van der Waals surface area contributed by atoms with E-state index in [0.29, 0.717) is 24.3 Å². The first-order valence-electron chi connectivity index (χ1n) is 7.57. The lowest BCUT2D eigenvalue weighted by atomic mass is 9.97. The second-order valence-corrected chi connectivity index (χ2v) is 6.25. The summed E-state index contributed by atoms with van der Waals surface area (Å²) >= 11 is 3.38. The molecule has 0 heterocycles. The molecule has 2 aromatic carbocycles. The van der Waals surface area contributed by atoms with Crippen LogP contribution in [0.4, 0.5) is 4.39 Å². The minimum Gasteiger partial charge on any atom is -0.496 e. The van der Waals surface area contributed by atoms with Gasteiger partial charge in [0, 0.05) is 6.54 Å². The molecular formula is C18H18BrFN2O3. The van der Waals surface area contributed by atoms with Crippen LogP contribution >= 0.6 is 15.9 Å². The second-order valence-electron chi connectivity index (χ2n) is 5.40. The summed E-state index contributed by atoms with van der Waals surface area (Å²) in [7, 11) is 1.58. The van der Waals surface area contributed by atoms with Gasteiger partial charge in [-0.05, 0) is 57.7 Å². The fourth-order valence-corrected chi connectivity index (χ4v) is 2.80. The molecule has 0 fully saturated rings. The molecule has 3 N–H and O–H groups in total. The summed E-state index contributed by atoms with van der Waals surface area (Å²) in [5.41, 5.74) is 6.66. The molecular weight excluding hydrogens is 391 g/mol. The third-order valence-electron chi connectivity index (χ3n) is 3.68. The Kier molecular flexibility index (Phi) is 6.52. The van der Waals surface area contributed by atoms with Crippen molar-refractivity contribution in [3.05, 3.63) is 63.9 Å². The molecule has 0 saturated heterocycles. The molecule has 2 amide bonds. The monoisotopic (exact) mass is 408 g/mol. The normalized spacial score (nSPS) is 11.6. The molecule has 0 spiro atoms. The van der Waals surface area contributed by atoms with Gasteiger partial charge in [-0.25, -0.2) is 4.39 Å². The number of hydrogen-bond acceptors (Lipinski definition) is 3. The highest BCUT2D eigenvalue weighted by Crippen LogP contribution is 2.25. The summed E-state index contributed by atoms with van der Waals surface area (Å²) in [5, 5.41) is 2.69. The van der Waals surface area contributed by atoms with Crippen LogP contribution in [0.15, 0.2) is 46.9 Å². The predicted octanol–water partition coefficient (Wildman–Crippen LogP) is 2.52. The molecule has 7 heteroatoms. The molecule has 0 aliphatic heterocycles. The van der Waals surface area contributed by atoms with Crippen molar-refractivity contribution in [2.24, 2.45) is 5.73 Å². The molecule has 5 nitrogen and oxygen atoms in total. The number of carbonyl (C=O) groups is 2. The van der Waals surface area contributed by atoms with Crippen molar-refractivity contribution in [2.75, 3.05) is 13.7 Å². The first-order chi connectivity index (χ1) is 11.9. The maximum atomic E-state index is 13.0. The Hall–Kier alpha value is -2.41. The van der Waals surface area contributed by atoms with Crippen LogP contribution in [-0.4, -0.2) is 25.5 Å². The lowest BCUT2D eigenvalue weighted by molar-refractivity contribution is -0.129. The molecule has 0 saturated carbocycles. The van der Waals surface area contributed by atoms with E-state index in [-0.39, 0.29) is 0 Å². The van der Waals surface area contributed by atoms with Gasteiger partial charge in [0.1, 0.15) is 17.5 Å². The average Bonchev–Trinajstić information content (AvgIpc) is 2.58. The van der Waals surface area contributed by atoms with Crippen molar-refractivity contribution >= 4 is 27.7 Å². The topological polar surface area (TPSA) is 81.4 Å². The fraction of sp³-hybridized carbons (Fsp3) is 0.222. The third-order valence-corrected chi connectivity index (χ3v) is 4.33. The lowest BCUT2D eigenvalue weighted by Crippen LogP contribution is -2.37. The fourth-order valence-electron chi connectivity index (χ4n) is 2.39. The van der Waals surface area contributed by atoms with Gasteiger partial charge in [-0.2, -0.15) is 0 Å². The zero-order valence-corrected chi connectivity index (χ0v) is 15.2. The number of ether oxygens (including phenoxy) is 1. The molecule has 2 aromatic rings. The van der Waals surface area contributed by atoms with Crippen LogP contribution in [0.1, 0.15) is 17.0 Å². The van der Waals surface area contributed by atoms with Gasteiger partial charge in [-0.1, -0.05) is 18.2 Å². The number of halogens is 2. The second kappa shape index (κ2) is 8.62. The minimum atomic E-state index is -1.15. The zero-order chi connectivity index (χ0) is 18.4. The Balaban J connectivity index is 2.00. The third kappa shape index (κ3) is 5.03. The van der Waals surface area contributed by atoms with Crippen LogP contribution in [0, 0.1) is 5.82 Å². The Bertz CT molecular complexity index is 765. The Morgan fingerprint density at radius 1 is 1.24 bits per heavy atom. The van der Waals surface area contributed by atoms with Gasteiger partial charge in [0.15, 0.2) is 0 Å². The van der Waals surface area contributed by atoms with Crippen molar-refractivity contribution in [1.82, 2.24) is 5.32 Å². The quantitative estimate of drug-likeness (QED) is 0.690. The van der Waals surface area contributed by atoms with Crippen molar-refractivity contribution in [2.45, 2.75) is 12.3 Å². The van der Waals surface area contributed by atoms with Crippen molar-refractivity contribution < 1.29 is 18.7 Å². The molecule has 0 aliphatic carbocycles. The van der Waals surface area contributed by atoms with Crippen LogP contribution in [-0.2, 0) is 16.0 Å². The number of nitrogens with one attached hydrogen (secondary N) is 1. The summed E-state index contributed by atoms with van der Waals surface area (Å²) in [6.45, 7) is 0.328. The van der Waals surface area contributed by atoms with E-state index in [1.54, 1.807) is 7.11 Å². The highest BCUT2D eigenvalue weighted by Gasteiger charge is 2.26. The molecule has 2 rings (SSSR count). The van der Waals surface area contributed by atoms with Crippen LogP contribution in [0.3, 0.4) is 0 Å². The van der Waals surface area contributed by atoms with E-state index < -0.39 is 23.5 Å². The van der Waals surface area contributed by atoms with Gasteiger partial charge in [-0.15, -0.1) is 0 Å². The molecule has 132 valence electrons. The molecule has 0 radical (unpaired) electrons. The number of rotatable bonds is 7. The van der Waals surface area contributed by atoms with Crippen molar-refractivity contribution in [1.29, 1.82) is 0 Å². The molecule has 1 atom stereocenters. The molecule has 0 aliphatic rings. The zero-order valence-electron chi connectivity index (χ0n) is 13.6. The molecule has 0 aromatic heterocycles. The molecule has 0 bridgehead atoms. The number of nitrogens with two attached hydrogens (primary N) is 1. The van der Waals surface area contributed by atoms with E-state index in [4.69, 9.17) is 10.5 Å². The van der Waals surface area contributed by atoms with Crippen LogP contribution in [0.2, 0.25) is 0 Å². The SMILES string of the molecule is COc1cc(CCNC(=O)C(C(N)=O)c2ccc(F)cc2)ccc1Br. The van der Waals surface area contributed by atoms with Gasteiger partial charge in [0.25, 0.3) is 0 Å². The number of carbonyl (C=O) groups excluding carboxylic acids is 2. The highest BCUT2D eigenvalue weighted by atomic mass is 79.9. The van der Waals surface area contributed by atoms with E-state index in [9.17, 15) is 14.0 Å². The largest absolute Gasteiger partial charge is 0.496 e. The first-order valence-corrected chi connectivity index (χ1v) is 8.36. The molecule has 25 heavy (non-hydrogen) atoms. The predicted molar refractivity (Wildman–Crippen MR) is 95.7 cm³/mol. The summed E-state index contributed by atoms with van der Waals surface area (Å²) in [5.74, 6) is -2.20. The van der Waals surface area contributed by atoms with Gasteiger partial charge < -0.3 is 15.8 Å². The van der Waals surface area contributed by atoms with Crippen molar-refractivity contribution in [3.63, 3.8) is 0 Å². The minimum absolute atomic E-state index is 0.328. The van der Waals surface area contributed by atoms with Crippen LogP contribution in [0.5, 0.6) is 5.75 Å². The number of hydrogen-bond donors (Lipinski definition) is 2. The Labute approximate surface area is 153 Å². The first kappa shape index (κ1) is 18.9. The number of amides is 2. The van der Waals surface area contributed by atoms with Gasteiger partial charge >= 0.3 is 0 Å². The van der Waals surface area contributed by atoms with Gasteiger partial charge in [0.05, 0.1) is 11.6 Å². The highest BCUT2D eigenvalue weighted by molar-refractivity contribution is 9.10. The maximum absolute atomic E-state index is 13.0. The number of primary amides is 1. The summed E-state index contributed by atoms with van der Waals surface area (Å²) < 4.78 is 19.1. The number of benzene rings is 2. The smallest absolute Gasteiger partial charge is 0.237 e. The van der Waals surface area contributed by atoms with Crippen molar-refractivity contribution in [3.8, 4) is 5.75 Å². The lowest BCUT2D eigenvalue weighted by Gasteiger charge is -2.14. The maximum Gasteiger partial charge on any atom is 0.237 e. The van der Waals surface area contributed by atoms with E-state index >= 15 is 0 Å². The Morgan fingerprint density at radius 2 is 1.92 bits per heavy atom. The van der Waals surface area contributed by atoms with Gasteiger partial charge in [0.2, 0.25) is 11.8 Å². The summed E-state index contributed by atoms with van der Waals surface area (Å²) in [6.07, 6.45) is 0.560. The summed E-state index contributed by atoms with van der Waals surface area (Å²) in [4.78, 5) is 23.9.